The molecule has 2 aromatic heterocycles. The molecule has 36 heavy (non-hydrogen) atoms. The van der Waals surface area contributed by atoms with Gasteiger partial charge in [-0.05, 0) is 48.7 Å². The van der Waals surface area contributed by atoms with Crippen molar-refractivity contribution in [1.29, 1.82) is 0 Å². The van der Waals surface area contributed by atoms with Crippen molar-refractivity contribution in [2.45, 2.75) is 38.6 Å². The Morgan fingerprint density at radius 2 is 1.94 bits per heavy atom. The number of aryl methyl sites for hydroxylation is 1. The van der Waals surface area contributed by atoms with Crippen LogP contribution < -0.4 is 13.4 Å². The zero-order valence-electron chi connectivity index (χ0n) is 20.4. The molecular weight excluding hydrogens is 572 g/mol. The van der Waals surface area contributed by atoms with E-state index in [1.54, 1.807) is 24.2 Å². The highest BCUT2D eigenvalue weighted by Gasteiger charge is 2.33. The molecule has 3 heterocycles. The fourth-order valence-corrected chi connectivity index (χ4v) is 5.39. The number of imidazole rings is 1. The second-order valence-electron chi connectivity index (χ2n) is 9.48. The van der Waals surface area contributed by atoms with Gasteiger partial charge in [0, 0.05) is 42.9 Å². The number of ether oxygens (including phenoxy) is 1. The number of aromatic nitrogens is 4. The molecule has 1 aliphatic rings. The lowest BCUT2D eigenvalue weighted by Crippen LogP contribution is -2.34. The first-order valence-electron chi connectivity index (χ1n) is 11.7. The maximum atomic E-state index is 13.7. The molecule has 9 heteroatoms. The fourth-order valence-electron chi connectivity index (χ4n) is 4.76. The zero-order chi connectivity index (χ0) is 25.4. The third-order valence-electron chi connectivity index (χ3n) is 6.85. The van der Waals surface area contributed by atoms with E-state index in [9.17, 15) is 9.18 Å². The van der Waals surface area contributed by atoms with Gasteiger partial charge in [-0.1, -0.05) is 25.1 Å². The van der Waals surface area contributed by atoms with E-state index in [1.807, 2.05) is 51.1 Å². The molecule has 2 aromatic carbocycles. The molecule has 0 bridgehead atoms. The van der Waals surface area contributed by atoms with Crippen LogP contribution in [-0.2, 0) is 18.4 Å². The molecule has 4 aromatic rings. The molecule has 0 amide bonds. The predicted octanol–water partition coefficient (Wildman–Crippen LogP) is 4.99. The Bertz CT molecular complexity index is 1470. The zero-order valence-corrected chi connectivity index (χ0v) is 22.6. The van der Waals surface area contributed by atoms with E-state index >= 15 is 0 Å². The smallest absolute Gasteiger partial charge is 0.258 e. The van der Waals surface area contributed by atoms with E-state index in [4.69, 9.17) is 4.74 Å². The molecule has 0 fully saturated rings. The highest BCUT2D eigenvalue weighted by atomic mass is 127. The van der Waals surface area contributed by atoms with Gasteiger partial charge in [0.05, 0.1) is 47.7 Å². The molecule has 0 spiro atoms. The van der Waals surface area contributed by atoms with Crippen LogP contribution in [0.1, 0.15) is 35.7 Å². The summed E-state index contributed by atoms with van der Waals surface area (Å²) < 4.78 is 24.9. The molecule has 0 N–H and O–H groups in total. The van der Waals surface area contributed by atoms with Gasteiger partial charge in [0.2, 0.25) is 5.95 Å². The largest absolute Gasteiger partial charge is 0.495 e. The van der Waals surface area contributed by atoms with Crippen LogP contribution in [-0.4, -0.2) is 32.8 Å². The van der Waals surface area contributed by atoms with Crippen molar-refractivity contribution in [2.75, 3.05) is 16.8 Å². The summed E-state index contributed by atoms with van der Waals surface area (Å²) in [6.07, 6.45) is 6.62. The Labute approximate surface area is 223 Å². The van der Waals surface area contributed by atoms with Crippen molar-refractivity contribution in [1.82, 2.24) is 19.1 Å². The quantitative estimate of drug-likeness (QED) is 0.239. The summed E-state index contributed by atoms with van der Waals surface area (Å²) in [4.78, 5) is 22.7. The number of halogens is 2. The van der Waals surface area contributed by atoms with E-state index < -0.39 is 0 Å². The monoisotopic (exact) mass is 599 g/mol. The summed E-state index contributed by atoms with van der Waals surface area (Å²) in [7, 11) is 1.64. The van der Waals surface area contributed by atoms with Gasteiger partial charge in [-0.2, -0.15) is 0 Å². The molecule has 0 radical (unpaired) electrons. The molecule has 1 aliphatic heterocycles. The van der Waals surface area contributed by atoms with Crippen molar-refractivity contribution in [3.8, 4) is 11.4 Å². The lowest BCUT2D eigenvalue weighted by atomic mass is 9.79. The lowest BCUT2D eigenvalue weighted by molar-refractivity contribution is 0.384. The standard InChI is InChI=1S/C27H27FIN5O2/c1-18-15-32(17-31-18)23-9-4-19(13-24(23)36-3)12-20-14-30-26-33(25(20)35)16-27(2,10-11-34(26)29)21-5-7-22(28)8-6-21/h4-9,13-15,17H,10-12,16H2,1-3H3. The van der Waals surface area contributed by atoms with E-state index in [0.717, 1.165) is 35.5 Å². The van der Waals surface area contributed by atoms with Crippen molar-refractivity contribution >= 4 is 28.8 Å². The molecule has 0 saturated carbocycles. The van der Waals surface area contributed by atoms with Crippen LogP contribution in [0.5, 0.6) is 5.75 Å². The molecule has 1 unspecified atom stereocenters. The van der Waals surface area contributed by atoms with Gasteiger partial charge < -0.3 is 9.30 Å². The van der Waals surface area contributed by atoms with Crippen molar-refractivity contribution < 1.29 is 9.13 Å². The SMILES string of the molecule is COc1cc(Cc2cnc3n(c2=O)CC(C)(c2ccc(F)cc2)CCN3I)ccc1-n1cnc(C)c1. The molecule has 0 aliphatic carbocycles. The number of hydrogen-bond donors (Lipinski definition) is 0. The average Bonchev–Trinajstić information content (AvgIpc) is 3.25. The lowest BCUT2D eigenvalue weighted by Gasteiger charge is -2.29. The first kappa shape index (κ1) is 24.5. The minimum absolute atomic E-state index is 0.0646. The van der Waals surface area contributed by atoms with Crippen LogP contribution in [0, 0.1) is 12.7 Å². The Morgan fingerprint density at radius 3 is 2.64 bits per heavy atom. The van der Waals surface area contributed by atoms with Gasteiger partial charge in [-0.3, -0.25) is 12.5 Å². The first-order valence-corrected chi connectivity index (χ1v) is 12.7. The molecule has 5 rings (SSSR count). The second-order valence-corrected chi connectivity index (χ2v) is 10.6. The van der Waals surface area contributed by atoms with Crippen molar-refractivity contribution in [2.24, 2.45) is 0 Å². The Kier molecular flexibility index (Phi) is 6.59. The van der Waals surface area contributed by atoms with E-state index in [1.165, 1.54) is 12.1 Å². The minimum atomic E-state index is -0.333. The van der Waals surface area contributed by atoms with Crippen molar-refractivity contribution in [3.05, 3.63) is 99.7 Å². The summed E-state index contributed by atoms with van der Waals surface area (Å²) in [6, 6.07) is 12.5. The summed E-state index contributed by atoms with van der Waals surface area (Å²) in [5.74, 6) is 1.08. The summed E-state index contributed by atoms with van der Waals surface area (Å²) in [5, 5.41) is 0. The molecular formula is C27H27FIN5O2. The second kappa shape index (κ2) is 9.68. The van der Waals surface area contributed by atoms with E-state index in [-0.39, 0.29) is 16.8 Å². The number of benzene rings is 2. The van der Waals surface area contributed by atoms with Crippen LogP contribution in [0.3, 0.4) is 0 Å². The minimum Gasteiger partial charge on any atom is -0.495 e. The maximum absolute atomic E-state index is 13.7. The highest BCUT2D eigenvalue weighted by Crippen LogP contribution is 2.35. The van der Waals surface area contributed by atoms with E-state index in [0.29, 0.717) is 30.2 Å². The summed E-state index contributed by atoms with van der Waals surface area (Å²) in [5.41, 5.74) is 3.98. The van der Waals surface area contributed by atoms with Gasteiger partial charge in [0.25, 0.3) is 5.56 Å². The number of fused-ring (bicyclic) bond motifs is 1. The predicted molar refractivity (Wildman–Crippen MR) is 146 cm³/mol. The van der Waals surface area contributed by atoms with Gasteiger partial charge in [0.1, 0.15) is 11.6 Å². The fraction of sp³-hybridized carbons (Fsp3) is 0.296. The average molecular weight is 599 g/mol. The normalized spacial score (nSPS) is 17.5. The van der Waals surface area contributed by atoms with Crippen molar-refractivity contribution in [3.63, 3.8) is 0 Å². The molecule has 7 nitrogen and oxygen atoms in total. The van der Waals surface area contributed by atoms with Gasteiger partial charge in [0.15, 0.2) is 0 Å². The number of anilines is 1. The number of hydrogen-bond acceptors (Lipinski definition) is 5. The first-order chi connectivity index (χ1) is 17.3. The molecule has 1 atom stereocenters. The number of methoxy groups -OCH3 is 1. The summed E-state index contributed by atoms with van der Waals surface area (Å²) in [6.45, 7) is 5.26. The molecule has 0 saturated heterocycles. The van der Waals surface area contributed by atoms with Crippen LogP contribution in [0.4, 0.5) is 10.3 Å². The highest BCUT2D eigenvalue weighted by molar-refractivity contribution is 14.1. The van der Waals surface area contributed by atoms with Crippen LogP contribution in [0.25, 0.3) is 5.69 Å². The topological polar surface area (TPSA) is 65.2 Å². The Morgan fingerprint density at radius 1 is 1.17 bits per heavy atom. The number of rotatable bonds is 5. The third kappa shape index (κ3) is 4.63. The van der Waals surface area contributed by atoms with Crippen LogP contribution >= 0.6 is 22.9 Å². The van der Waals surface area contributed by atoms with Crippen LogP contribution in [0.15, 0.2) is 66.0 Å². The number of nitrogens with zero attached hydrogens (tertiary/aromatic N) is 5. The van der Waals surface area contributed by atoms with Gasteiger partial charge in [-0.15, -0.1) is 0 Å². The Balaban J connectivity index is 1.49. The van der Waals surface area contributed by atoms with Gasteiger partial charge in [-0.25, -0.2) is 14.4 Å². The van der Waals surface area contributed by atoms with Crippen LogP contribution in [0.2, 0.25) is 0 Å². The summed E-state index contributed by atoms with van der Waals surface area (Å²) >= 11 is 2.21. The maximum Gasteiger partial charge on any atom is 0.258 e. The van der Waals surface area contributed by atoms with Gasteiger partial charge >= 0.3 is 0 Å². The molecule has 186 valence electrons. The third-order valence-corrected chi connectivity index (χ3v) is 7.76. The van der Waals surface area contributed by atoms with E-state index in [2.05, 4.69) is 39.8 Å². The Hall–Kier alpha value is -3.21.